The number of methoxy groups -OCH3 is 1. The Bertz CT molecular complexity index is 1000. The predicted octanol–water partition coefficient (Wildman–Crippen LogP) is 2.64. The van der Waals surface area contributed by atoms with Crippen molar-refractivity contribution in [2.24, 2.45) is 0 Å². The normalized spacial score (nSPS) is 16.5. The molecule has 0 N–H and O–H groups in total. The quantitative estimate of drug-likeness (QED) is 0.646. The van der Waals surface area contributed by atoms with Crippen LogP contribution in [0.25, 0.3) is 11.6 Å². The van der Waals surface area contributed by atoms with Crippen molar-refractivity contribution in [1.29, 1.82) is 0 Å². The molecule has 0 bridgehead atoms. The fourth-order valence-electron chi connectivity index (χ4n) is 3.21. The fraction of sp³-hybridized carbons (Fsp3) is 0.389. The van der Waals surface area contributed by atoms with E-state index in [9.17, 15) is 4.79 Å². The third-order valence-corrected chi connectivity index (χ3v) is 4.97. The SMILES string of the molecule is CCc1noc(-c2cn(C3CCN(C(=O)c4cc(Cl)ccc4OC)C3)nn2)n1. The maximum atomic E-state index is 12.9. The van der Waals surface area contributed by atoms with Crippen LogP contribution in [0.3, 0.4) is 0 Å². The van der Waals surface area contributed by atoms with Crippen LogP contribution >= 0.6 is 11.6 Å². The summed E-state index contributed by atoms with van der Waals surface area (Å²) in [5, 5.41) is 12.7. The van der Waals surface area contributed by atoms with Gasteiger partial charge in [-0.2, -0.15) is 4.98 Å². The topological polar surface area (TPSA) is 99.2 Å². The van der Waals surface area contributed by atoms with Crippen molar-refractivity contribution < 1.29 is 14.1 Å². The molecule has 0 aliphatic carbocycles. The molecule has 2 aromatic heterocycles. The summed E-state index contributed by atoms with van der Waals surface area (Å²) in [6.45, 7) is 3.07. The maximum absolute atomic E-state index is 12.9. The van der Waals surface area contributed by atoms with E-state index in [0.29, 0.717) is 53.3 Å². The number of hydrogen-bond donors (Lipinski definition) is 0. The van der Waals surface area contributed by atoms with Gasteiger partial charge in [-0.15, -0.1) is 5.10 Å². The molecule has 1 aliphatic rings. The number of carbonyl (C=O) groups excluding carboxylic acids is 1. The molecule has 1 fully saturated rings. The van der Waals surface area contributed by atoms with E-state index in [0.717, 1.165) is 6.42 Å². The van der Waals surface area contributed by atoms with Crippen LogP contribution in [0, 0.1) is 0 Å². The van der Waals surface area contributed by atoms with E-state index in [1.807, 2.05) is 6.92 Å². The highest BCUT2D eigenvalue weighted by molar-refractivity contribution is 6.31. The molecule has 1 unspecified atom stereocenters. The lowest BCUT2D eigenvalue weighted by Gasteiger charge is -2.18. The number of nitrogens with zero attached hydrogens (tertiary/aromatic N) is 6. The summed E-state index contributed by atoms with van der Waals surface area (Å²) >= 11 is 6.05. The number of rotatable bonds is 5. The van der Waals surface area contributed by atoms with E-state index in [1.165, 1.54) is 7.11 Å². The molecule has 4 rings (SSSR count). The van der Waals surface area contributed by atoms with Crippen molar-refractivity contribution in [3.05, 3.63) is 40.8 Å². The molecule has 0 radical (unpaired) electrons. The zero-order chi connectivity index (χ0) is 19.7. The molecular formula is C18H19ClN6O3. The standard InChI is InChI=1S/C18H19ClN6O3/c1-3-16-20-17(28-22-16)14-10-25(23-21-14)12-6-7-24(9-12)18(26)13-8-11(19)4-5-15(13)27-2/h4-5,8,10,12H,3,6-7,9H2,1-2H3. The largest absolute Gasteiger partial charge is 0.496 e. The molecule has 9 nitrogen and oxygen atoms in total. The van der Waals surface area contributed by atoms with Crippen LogP contribution in [0.1, 0.15) is 35.6 Å². The molecule has 1 aliphatic heterocycles. The van der Waals surface area contributed by atoms with Crippen molar-refractivity contribution in [3.8, 4) is 17.3 Å². The summed E-state index contributed by atoms with van der Waals surface area (Å²) in [4.78, 5) is 19.0. The van der Waals surface area contributed by atoms with Crippen molar-refractivity contribution in [3.63, 3.8) is 0 Å². The lowest BCUT2D eigenvalue weighted by Crippen LogP contribution is -2.29. The third-order valence-electron chi connectivity index (χ3n) is 4.73. The first kappa shape index (κ1) is 18.4. The van der Waals surface area contributed by atoms with E-state index in [2.05, 4.69) is 20.5 Å². The van der Waals surface area contributed by atoms with Crippen LogP contribution in [0.5, 0.6) is 5.75 Å². The molecule has 3 heterocycles. The Morgan fingerprint density at radius 1 is 1.43 bits per heavy atom. The molecule has 0 spiro atoms. The number of ether oxygens (including phenoxy) is 1. The maximum Gasteiger partial charge on any atom is 0.280 e. The van der Waals surface area contributed by atoms with Gasteiger partial charge in [0.1, 0.15) is 5.75 Å². The van der Waals surface area contributed by atoms with Crippen molar-refractivity contribution in [1.82, 2.24) is 30.0 Å². The number of benzene rings is 1. The Balaban J connectivity index is 1.49. The van der Waals surface area contributed by atoms with Gasteiger partial charge in [-0.25, -0.2) is 4.68 Å². The van der Waals surface area contributed by atoms with Gasteiger partial charge >= 0.3 is 0 Å². The van der Waals surface area contributed by atoms with Gasteiger partial charge < -0.3 is 14.2 Å². The van der Waals surface area contributed by atoms with Crippen LogP contribution < -0.4 is 4.74 Å². The van der Waals surface area contributed by atoms with E-state index < -0.39 is 0 Å². The van der Waals surface area contributed by atoms with Crippen LogP contribution in [0.2, 0.25) is 5.02 Å². The average Bonchev–Trinajstić information content (AvgIpc) is 3.46. The molecule has 0 saturated carbocycles. The van der Waals surface area contributed by atoms with Gasteiger partial charge in [-0.1, -0.05) is 28.9 Å². The molecule has 1 amide bonds. The molecule has 10 heteroatoms. The van der Waals surface area contributed by atoms with E-state index >= 15 is 0 Å². The highest BCUT2D eigenvalue weighted by atomic mass is 35.5. The molecule has 146 valence electrons. The number of aryl methyl sites for hydroxylation is 1. The van der Waals surface area contributed by atoms with Gasteiger partial charge in [0.25, 0.3) is 11.8 Å². The highest BCUT2D eigenvalue weighted by Crippen LogP contribution is 2.28. The minimum Gasteiger partial charge on any atom is -0.496 e. The molecule has 3 aromatic rings. The number of halogens is 1. The fourth-order valence-corrected chi connectivity index (χ4v) is 3.39. The third kappa shape index (κ3) is 3.45. The van der Waals surface area contributed by atoms with Crippen molar-refractivity contribution in [2.75, 3.05) is 20.2 Å². The summed E-state index contributed by atoms with van der Waals surface area (Å²) in [5.41, 5.74) is 0.973. The molecule has 1 atom stereocenters. The molecule has 28 heavy (non-hydrogen) atoms. The average molecular weight is 403 g/mol. The van der Waals surface area contributed by atoms with Gasteiger partial charge in [0, 0.05) is 24.5 Å². The molecule has 1 aromatic carbocycles. The minimum absolute atomic E-state index is 0.0175. The van der Waals surface area contributed by atoms with E-state index in [1.54, 1.807) is 34.0 Å². The Labute approximate surface area is 166 Å². The van der Waals surface area contributed by atoms with E-state index in [4.69, 9.17) is 20.9 Å². The number of amides is 1. The second-order valence-electron chi connectivity index (χ2n) is 6.49. The summed E-state index contributed by atoms with van der Waals surface area (Å²) in [6.07, 6.45) is 3.22. The molecular weight excluding hydrogens is 384 g/mol. The van der Waals surface area contributed by atoms with Crippen LogP contribution in [-0.4, -0.2) is 56.1 Å². The Hall–Kier alpha value is -2.94. The second-order valence-corrected chi connectivity index (χ2v) is 6.93. The van der Waals surface area contributed by atoms with Gasteiger partial charge in [0.2, 0.25) is 0 Å². The summed E-state index contributed by atoms with van der Waals surface area (Å²) < 4.78 is 12.2. The molecule has 1 saturated heterocycles. The number of aromatic nitrogens is 5. The monoisotopic (exact) mass is 402 g/mol. The number of hydrogen-bond acceptors (Lipinski definition) is 7. The van der Waals surface area contributed by atoms with E-state index in [-0.39, 0.29) is 11.9 Å². The Morgan fingerprint density at radius 2 is 2.29 bits per heavy atom. The lowest BCUT2D eigenvalue weighted by molar-refractivity contribution is 0.0783. The highest BCUT2D eigenvalue weighted by Gasteiger charge is 2.30. The smallest absolute Gasteiger partial charge is 0.280 e. The van der Waals surface area contributed by atoms with Crippen LogP contribution in [0.4, 0.5) is 0 Å². The Kier molecular flexibility index (Phi) is 4.99. The van der Waals surface area contributed by atoms with Gasteiger partial charge in [-0.05, 0) is 24.6 Å². The summed E-state index contributed by atoms with van der Waals surface area (Å²) in [7, 11) is 1.53. The minimum atomic E-state index is -0.119. The second kappa shape index (κ2) is 7.59. The summed E-state index contributed by atoms with van der Waals surface area (Å²) in [6, 6.07) is 5.04. The predicted molar refractivity (Wildman–Crippen MR) is 100 cm³/mol. The first-order valence-corrected chi connectivity index (χ1v) is 9.34. The zero-order valence-corrected chi connectivity index (χ0v) is 16.3. The van der Waals surface area contributed by atoms with Gasteiger partial charge in [-0.3, -0.25) is 4.79 Å². The summed E-state index contributed by atoms with van der Waals surface area (Å²) in [5.74, 6) is 1.35. The number of carbonyl (C=O) groups is 1. The van der Waals surface area contributed by atoms with Gasteiger partial charge in [0.15, 0.2) is 11.5 Å². The van der Waals surface area contributed by atoms with Crippen LogP contribution in [-0.2, 0) is 6.42 Å². The van der Waals surface area contributed by atoms with Crippen LogP contribution in [0.15, 0.2) is 28.9 Å². The van der Waals surface area contributed by atoms with Gasteiger partial charge in [0.05, 0.1) is 24.9 Å². The number of likely N-dealkylation sites (tertiary alicyclic amines) is 1. The Morgan fingerprint density at radius 3 is 3.04 bits per heavy atom. The first-order chi connectivity index (χ1) is 13.6. The first-order valence-electron chi connectivity index (χ1n) is 8.96. The lowest BCUT2D eigenvalue weighted by atomic mass is 10.1. The zero-order valence-electron chi connectivity index (χ0n) is 15.5. The van der Waals surface area contributed by atoms with Crippen molar-refractivity contribution in [2.45, 2.75) is 25.8 Å². The van der Waals surface area contributed by atoms with Crippen molar-refractivity contribution >= 4 is 17.5 Å².